The van der Waals surface area contributed by atoms with Gasteiger partial charge in [-0.1, -0.05) is 31.6 Å². The van der Waals surface area contributed by atoms with Gasteiger partial charge in [0.1, 0.15) is 35.6 Å². The predicted octanol–water partition coefficient (Wildman–Crippen LogP) is 3.79. The van der Waals surface area contributed by atoms with Crippen LogP contribution in [0.2, 0.25) is 0 Å². The number of ketones is 3. The van der Waals surface area contributed by atoms with Gasteiger partial charge in [0, 0.05) is 35.6 Å². The van der Waals surface area contributed by atoms with Gasteiger partial charge in [-0.3, -0.25) is 14.4 Å². The van der Waals surface area contributed by atoms with E-state index >= 15 is 0 Å². The van der Waals surface area contributed by atoms with Crippen LogP contribution in [0.15, 0.2) is 30.4 Å². The van der Waals surface area contributed by atoms with E-state index in [1.165, 1.54) is 44.6 Å². The van der Waals surface area contributed by atoms with Crippen molar-refractivity contribution < 1.29 is 58.9 Å². The summed E-state index contributed by atoms with van der Waals surface area (Å²) in [5, 5.41) is 58.9. The van der Waals surface area contributed by atoms with Crippen LogP contribution in [0.3, 0.4) is 0 Å². The van der Waals surface area contributed by atoms with Crippen LogP contribution in [0.4, 0.5) is 4.79 Å². The number of ether oxygens (including phenoxy) is 3. The molecule has 1 heterocycles. The highest BCUT2D eigenvalue weighted by Gasteiger charge is 2.50. The summed E-state index contributed by atoms with van der Waals surface area (Å²) in [5.74, 6) is -4.16. The Morgan fingerprint density at radius 1 is 0.982 bits per heavy atom. The molecule has 2 aromatic carbocycles. The molecule has 1 aliphatic heterocycles. The van der Waals surface area contributed by atoms with Gasteiger partial charge in [0.15, 0.2) is 11.6 Å². The summed E-state index contributed by atoms with van der Waals surface area (Å²) in [6.45, 7) is 3.00. The summed E-state index contributed by atoms with van der Waals surface area (Å²) in [7, 11) is 1.33. The number of likely N-dealkylation sites (tertiary alicyclic amines) is 1. The molecule has 3 unspecified atom stereocenters. The topological polar surface area (TPSA) is 212 Å². The number of hydrogen-bond acceptors (Lipinski definition) is 13. The fraction of sp³-hybridized carbons (Fsp3) is 0.571. The number of aliphatic hydroxyl groups excluding tert-OH is 2. The number of aliphatic hydroxyl groups is 3. The zero-order valence-corrected chi connectivity index (χ0v) is 31.9. The van der Waals surface area contributed by atoms with Gasteiger partial charge in [-0.05, 0) is 82.5 Å². The first kappa shape index (κ1) is 39.9. The average molecular weight is 777 g/mol. The third-order valence-electron chi connectivity index (χ3n) is 12.5. The minimum atomic E-state index is -2.27. The first-order valence-corrected chi connectivity index (χ1v) is 19.8. The lowest BCUT2D eigenvalue weighted by Gasteiger charge is -2.43. The van der Waals surface area contributed by atoms with E-state index in [1.807, 2.05) is 6.08 Å². The number of piperidine rings is 1. The van der Waals surface area contributed by atoms with Gasteiger partial charge in [0.2, 0.25) is 5.78 Å². The second-order valence-electron chi connectivity index (χ2n) is 16.1. The van der Waals surface area contributed by atoms with Crippen LogP contribution < -0.4 is 10.1 Å². The van der Waals surface area contributed by atoms with Crippen molar-refractivity contribution in [2.45, 2.75) is 120 Å². The summed E-state index contributed by atoms with van der Waals surface area (Å²) in [5.41, 5.74) is -3.62. The molecule has 0 bridgehead atoms. The maximum atomic E-state index is 14.0. The number of nitrogens with zero attached hydrogens (tertiary/aromatic N) is 1. The largest absolute Gasteiger partial charge is 0.507 e. The van der Waals surface area contributed by atoms with Crippen LogP contribution in [0.1, 0.15) is 120 Å². The number of carbonyl (C=O) groups is 4. The normalized spacial score (nSPS) is 31.2. The quantitative estimate of drug-likeness (QED) is 0.142. The van der Waals surface area contributed by atoms with Gasteiger partial charge < -0.3 is 50.0 Å². The molecule has 2 fully saturated rings. The van der Waals surface area contributed by atoms with Gasteiger partial charge in [0.25, 0.3) is 0 Å². The molecule has 7 rings (SSSR count). The van der Waals surface area contributed by atoms with E-state index in [9.17, 15) is 44.7 Å². The SMILES string of the molecule is COc1cccc2c1C(=O)c1c(O)c3c(c(O)c1C2=O)C[C@@](O)(C(=O)CO)C[C@@H]3OC1C[C@@H](C)[C@@H](O)[C@@H](NC(=O)OC2/C=C/CC(N3CCCCC3)CCC2)C1. The van der Waals surface area contributed by atoms with Crippen LogP contribution >= 0.6 is 0 Å². The molecular formula is C42H52N2O12. The second kappa shape index (κ2) is 16.3. The Hall–Kier alpha value is -4.34. The van der Waals surface area contributed by atoms with Crippen LogP contribution in [-0.2, 0) is 20.7 Å². The number of rotatable bonds is 8. The summed E-state index contributed by atoms with van der Waals surface area (Å²) >= 11 is 0. The predicted molar refractivity (Wildman–Crippen MR) is 201 cm³/mol. The Morgan fingerprint density at radius 2 is 1.73 bits per heavy atom. The van der Waals surface area contributed by atoms with Crippen molar-refractivity contribution in [3.8, 4) is 17.2 Å². The molecule has 1 saturated heterocycles. The number of alkyl carbamates (subject to hydrolysis) is 1. The van der Waals surface area contributed by atoms with Gasteiger partial charge in [0.05, 0.1) is 48.2 Å². The zero-order valence-electron chi connectivity index (χ0n) is 31.9. The number of carbonyl (C=O) groups excluding carboxylic acids is 4. The highest BCUT2D eigenvalue weighted by atomic mass is 16.6. The number of hydrogen-bond donors (Lipinski definition) is 6. The lowest BCUT2D eigenvalue weighted by molar-refractivity contribution is -0.151. The van der Waals surface area contributed by atoms with Crippen LogP contribution in [0, 0.1) is 5.92 Å². The molecule has 1 saturated carbocycles. The van der Waals surface area contributed by atoms with Crippen LogP contribution in [-0.4, -0.2) is 117 Å². The van der Waals surface area contributed by atoms with Crippen molar-refractivity contribution >= 4 is 23.4 Å². The smallest absolute Gasteiger partial charge is 0.408 e. The van der Waals surface area contributed by atoms with Gasteiger partial charge >= 0.3 is 6.09 Å². The number of phenols is 2. The number of aromatic hydroxyl groups is 2. The Labute approximate surface area is 325 Å². The number of benzene rings is 2. The monoisotopic (exact) mass is 776 g/mol. The van der Waals surface area contributed by atoms with Crippen LogP contribution in [0.25, 0.3) is 0 Å². The second-order valence-corrected chi connectivity index (χ2v) is 16.1. The minimum absolute atomic E-state index is 0.0549. The molecule has 5 aliphatic rings. The van der Waals surface area contributed by atoms with Crippen molar-refractivity contribution in [1.29, 1.82) is 0 Å². The summed E-state index contributed by atoms with van der Waals surface area (Å²) in [4.78, 5) is 56.6. The highest BCUT2D eigenvalue weighted by Crippen LogP contribution is 2.52. The molecule has 6 N–H and O–H groups in total. The number of fused-ring (bicyclic) bond motifs is 3. The van der Waals surface area contributed by atoms with Crippen molar-refractivity contribution in [2.75, 3.05) is 26.8 Å². The molecule has 1 amide bonds. The number of methoxy groups -OCH3 is 1. The van der Waals surface area contributed by atoms with E-state index in [-0.39, 0.29) is 40.8 Å². The summed E-state index contributed by atoms with van der Waals surface area (Å²) in [6, 6.07) is 4.08. The number of phenolic OH excluding ortho intramolecular Hbond substituents is 2. The highest BCUT2D eigenvalue weighted by molar-refractivity contribution is 6.31. The summed E-state index contributed by atoms with van der Waals surface area (Å²) < 4.78 is 17.7. The molecule has 0 aromatic heterocycles. The molecular weight excluding hydrogens is 724 g/mol. The Bertz CT molecular complexity index is 1910. The van der Waals surface area contributed by atoms with Gasteiger partial charge in [-0.25, -0.2) is 4.79 Å². The molecule has 0 spiro atoms. The maximum absolute atomic E-state index is 14.0. The number of amides is 1. The van der Waals surface area contributed by atoms with E-state index < -0.39 is 107 Å². The molecule has 2 aromatic rings. The molecule has 8 atom stereocenters. The Balaban J connectivity index is 1.12. The molecule has 14 nitrogen and oxygen atoms in total. The molecule has 302 valence electrons. The van der Waals surface area contributed by atoms with Gasteiger partial charge in [-0.15, -0.1) is 0 Å². The standard InChI is InChI=1S/C42H52N2O12/c1-22-17-25(18-28(36(22)47)43-41(52)56-24-11-6-9-23(10-7-12-24)44-15-4-3-5-16-44)55-30-20-42(53,31(46)21-45)19-27-33(30)40(51)35-34(38(27)49)37(48)26-13-8-14-29(54-2)32(26)39(35)50/h6,8,11,13-14,22-25,28,30,36,45,47,49,51,53H,3-5,7,9-10,12,15-21H2,1-2H3,(H,43,52)/b11-6+/t22-,23?,24?,25?,28+,30+,36-,42+/m1/s1. The van der Waals surface area contributed by atoms with Crippen molar-refractivity contribution in [1.82, 2.24) is 10.2 Å². The van der Waals surface area contributed by atoms with E-state index in [4.69, 9.17) is 14.2 Å². The van der Waals surface area contributed by atoms with E-state index in [0.29, 0.717) is 12.5 Å². The van der Waals surface area contributed by atoms with Crippen molar-refractivity contribution in [3.63, 3.8) is 0 Å². The van der Waals surface area contributed by atoms with Crippen molar-refractivity contribution in [3.05, 3.63) is 63.7 Å². The zero-order chi connectivity index (χ0) is 39.9. The lowest BCUT2D eigenvalue weighted by atomic mass is 9.71. The molecule has 0 radical (unpaired) electrons. The average Bonchev–Trinajstić information content (AvgIpc) is 3.17. The van der Waals surface area contributed by atoms with Crippen molar-refractivity contribution in [2.24, 2.45) is 5.92 Å². The number of nitrogens with one attached hydrogen (secondary N) is 1. The van der Waals surface area contributed by atoms with E-state index in [2.05, 4.69) is 16.3 Å². The fourth-order valence-electron chi connectivity index (χ4n) is 9.54. The number of Topliss-reactive ketones (excluding diaryl/α,β-unsaturated/α-hetero) is 1. The Kier molecular flexibility index (Phi) is 11.6. The van der Waals surface area contributed by atoms with Gasteiger partial charge in [-0.2, -0.15) is 0 Å². The van der Waals surface area contributed by atoms with E-state index in [1.54, 1.807) is 6.92 Å². The molecule has 14 heteroatoms. The maximum Gasteiger partial charge on any atom is 0.408 e. The molecule has 4 aliphatic carbocycles. The molecule has 56 heavy (non-hydrogen) atoms. The lowest BCUT2D eigenvalue weighted by Crippen LogP contribution is -2.53. The minimum Gasteiger partial charge on any atom is -0.507 e. The fourth-order valence-corrected chi connectivity index (χ4v) is 9.54. The van der Waals surface area contributed by atoms with Crippen LogP contribution in [0.5, 0.6) is 17.2 Å². The third-order valence-corrected chi connectivity index (χ3v) is 12.5. The summed E-state index contributed by atoms with van der Waals surface area (Å²) in [6.07, 6.45) is 6.43. The Morgan fingerprint density at radius 3 is 2.46 bits per heavy atom. The first-order chi connectivity index (χ1) is 26.8. The first-order valence-electron chi connectivity index (χ1n) is 19.8. The third kappa shape index (κ3) is 7.45. The van der Waals surface area contributed by atoms with E-state index in [0.717, 1.165) is 32.4 Å².